The first-order valence-electron chi connectivity index (χ1n) is 8.37. The van der Waals surface area contributed by atoms with Gasteiger partial charge >= 0.3 is 0 Å². The van der Waals surface area contributed by atoms with E-state index in [9.17, 15) is 9.59 Å². The van der Waals surface area contributed by atoms with Gasteiger partial charge in [-0.1, -0.05) is 41.7 Å². The third-order valence-corrected chi connectivity index (χ3v) is 5.17. The molecule has 9 heteroatoms. The molecule has 0 fully saturated rings. The molecule has 0 bridgehead atoms. The van der Waals surface area contributed by atoms with Crippen LogP contribution in [0, 0.1) is 0 Å². The Bertz CT molecular complexity index is 989. The number of amides is 1. The van der Waals surface area contributed by atoms with Crippen molar-refractivity contribution in [2.75, 3.05) is 17.7 Å². The molecule has 4 N–H and O–H groups in total. The quantitative estimate of drug-likeness (QED) is 0.586. The normalized spacial score (nSPS) is 11.6. The summed E-state index contributed by atoms with van der Waals surface area (Å²) in [6.07, 6.45) is 1.54. The van der Waals surface area contributed by atoms with E-state index >= 15 is 0 Å². The predicted octanol–water partition coefficient (Wildman–Crippen LogP) is 2.37. The van der Waals surface area contributed by atoms with Gasteiger partial charge in [-0.2, -0.15) is 0 Å². The summed E-state index contributed by atoms with van der Waals surface area (Å²) in [7, 11) is 1.51. The molecule has 0 saturated carbocycles. The molecule has 0 aliphatic carbocycles. The Morgan fingerprint density at radius 1 is 1.18 bits per heavy atom. The van der Waals surface area contributed by atoms with Crippen LogP contribution in [0.25, 0.3) is 0 Å². The van der Waals surface area contributed by atoms with Crippen molar-refractivity contribution in [1.29, 1.82) is 0 Å². The third-order valence-electron chi connectivity index (χ3n) is 4.10. The van der Waals surface area contributed by atoms with E-state index in [2.05, 4.69) is 9.97 Å². The molecule has 0 aliphatic heterocycles. The Kier molecular flexibility index (Phi) is 5.55. The zero-order chi connectivity index (χ0) is 20.3. The molecule has 144 valence electrons. The third kappa shape index (κ3) is 3.79. The Morgan fingerprint density at radius 2 is 1.89 bits per heavy atom. The number of primary amides is 1. The number of hydrogen-bond acceptors (Lipinski definition) is 8. The van der Waals surface area contributed by atoms with Crippen LogP contribution >= 0.6 is 11.3 Å². The summed E-state index contributed by atoms with van der Waals surface area (Å²) < 4.78 is 5.07. The smallest absolute Gasteiger partial charge is 0.240 e. The van der Waals surface area contributed by atoms with E-state index in [1.54, 1.807) is 48.2 Å². The minimum Gasteiger partial charge on any atom is -0.481 e. The number of hydrogen-bond donors (Lipinski definition) is 2. The van der Waals surface area contributed by atoms with Crippen LogP contribution in [-0.4, -0.2) is 34.8 Å². The molecule has 3 rings (SSSR count). The molecule has 0 saturated heterocycles. The van der Waals surface area contributed by atoms with Crippen LogP contribution in [0.15, 0.2) is 48.7 Å². The van der Waals surface area contributed by atoms with Gasteiger partial charge < -0.3 is 21.1 Å². The number of thiazole rings is 1. The summed E-state index contributed by atoms with van der Waals surface area (Å²) in [5, 5.41) is 0.370. The highest BCUT2D eigenvalue weighted by molar-refractivity contribution is 7.18. The van der Waals surface area contributed by atoms with Crippen LogP contribution in [0.5, 0.6) is 5.88 Å². The largest absolute Gasteiger partial charge is 0.481 e. The SMILES string of the molecule is COc1ccc(N(c2nc(N)c(C(=O)c3ccccc3)s2)C(C)C(N)=O)cn1. The number of rotatable bonds is 7. The maximum Gasteiger partial charge on any atom is 0.240 e. The highest BCUT2D eigenvalue weighted by atomic mass is 32.1. The lowest BCUT2D eigenvalue weighted by Gasteiger charge is -2.26. The topological polar surface area (TPSA) is 124 Å². The summed E-state index contributed by atoms with van der Waals surface area (Å²) in [6, 6.07) is 11.4. The molecular formula is C19H19N5O3S. The number of methoxy groups -OCH3 is 1. The zero-order valence-corrected chi connectivity index (χ0v) is 16.1. The zero-order valence-electron chi connectivity index (χ0n) is 15.3. The van der Waals surface area contributed by atoms with E-state index in [1.165, 1.54) is 13.3 Å². The molecule has 0 radical (unpaired) electrons. The van der Waals surface area contributed by atoms with Crippen molar-refractivity contribution in [2.24, 2.45) is 5.73 Å². The standard InChI is InChI=1S/C19H19N5O3S/c1-11(18(21)26)24(13-8-9-14(27-2)22-10-13)19-23-17(20)16(28-19)15(25)12-6-4-3-5-7-12/h3-11H,20H2,1-2H3,(H2,21,26). The fourth-order valence-corrected chi connectivity index (χ4v) is 3.62. The Labute approximate surface area is 165 Å². The number of carbonyl (C=O) groups is 2. The van der Waals surface area contributed by atoms with Crippen molar-refractivity contribution in [2.45, 2.75) is 13.0 Å². The summed E-state index contributed by atoms with van der Waals surface area (Å²) in [5.41, 5.74) is 12.6. The van der Waals surface area contributed by atoms with Gasteiger partial charge in [0.15, 0.2) is 5.13 Å². The van der Waals surface area contributed by atoms with Gasteiger partial charge in [-0.05, 0) is 13.0 Å². The predicted molar refractivity (Wildman–Crippen MR) is 108 cm³/mol. The molecule has 0 aliphatic rings. The summed E-state index contributed by atoms with van der Waals surface area (Å²) in [5.74, 6) is -0.270. The van der Waals surface area contributed by atoms with Crippen LogP contribution in [0.4, 0.5) is 16.6 Å². The van der Waals surface area contributed by atoms with Gasteiger partial charge in [-0.3, -0.25) is 9.59 Å². The number of ether oxygens (including phenoxy) is 1. The maximum absolute atomic E-state index is 12.8. The second-order valence-electron chi connectivity index (χ2n) is 5.91. The van der Waals surface area contributed by atoms with E-state index in [1.807, 2.05) is 6.07 Å². The lowest BCUT2D eigenvalue weighted by molar-refractivity contribution is -0.118. The van der Waals surface area contributed by atoms with Gasteiger partial charge in [0, 0.05) is 11.6 Å². The van der Waals surface area contributed by atoms with Gasteiger partial charge in [0.25, 0.3) is 0 Å². The average Bonchev–Trinajstić information content (AvgIpc) is 3.09. The Morgan fingerprint density at radius 3 is 2.46 bits per heavy atom. The van der Waals surface area contributed by atoms with Crippen molar-refractivity contribution >= 4 is 39.7 Å². The lowest BCUT2D eigenvalue weighted by atomic mass is 10.1. The molecular weight excluding hydrogens is 378 g/mol. The minimum absolute atomic E-state index is 0.0944. The number of benzene rings is 1. The van der Waals surface area contributed by atoms with E-state index in [-0.39, 0.29) is 11.6 Å². The summed E-state index contributed by atoms with van der Waals surface area (Å²) >= 11 is 1.09. The van der Waals surface area contributed by atoms with E-state index in [0.717, 1.165) is 11.3 Å². The van der Waals surface area contributed by atoms with Crippen LogP contribution in [0.3, 0.4) is 0 Å². The Hall–Kier alpha value is -3.46. The highest BCUT2D eigenvalue weighted by Crippen LogP contribution is 2.35. The second kappa shape index (κ2) is 8.05. The molecule has 8 nitrogen and oxygen atoms in total. The van der Waals surface area contributed by atoms with Gasteiger partial charge in [0.1, 0.15) is 16.7 Å². The molecule has 2 heterocycles. The maximum atomic E-state index is 12.8. The van der Waals surface area contributed by atoms with Gasteiger partial charge in [0.2, 0.25) is 17.6 Å². The first kappa shape index (κ1) is 19.3. The molecule has 0 spiro atoms. The molecule has 1 unspecified atom stereocenters. The number of nitrogen functional groups attached to an aromatic ring is 1. The second-order valence-corrected chi connectivity index (χ2v) is 6.89. The number of nitrogens with two attached hydrogens (primary N) is 2. The van der Waals surface area contributed by atoms with Crippen molar-refractivity contribution in [3.8, 4) is 5.88 Å². The molecule has 3 aromatic rings. The van der Waals surface area contributed by atoms with Crippen LogP contribution in [-0.2, 0) is 4.79 Å². The molecule has 1 atom stereocenters. The number of aromatic nitrogens is 2. The van der Waals surface area contributed by atoms with Crippen LogP contribution < -0.4 is 21.1 Å². The van der Waals surface area contributed by atoms with E-state index < -0.39 is 11.9 Å². The fourth-order valence-electron chi connectivity index (χ4n) is 2.57. The van der Waals surface area contributed by atoms with Crippen molar-refractivity contribution in [3.05, 3.63) is 59.1 Å². The van der Waals surface area contributed by atoms with Crippen molar-refractivity contribution in [1.82, 2.24) is 9.97 Å². The monoisotopic (exact) mass is 397 g/mol. The fraction of sp³-hybridized carbons (Fsp3) is 0.158. The van der Waals surface area contributed by atoms with Crippen molar-refractivity contribution < 1.29 is 14.3 Å². The van der Waals surface area contributed by atoms with Gasteiger partial charge in [-0.25, -0.2) is 9.97 Å². The lowest BCUT2D eigenvalue weighted by Crippen LogP contribution is -2.40. The van der Waals surface area contributed by atoms with Gasteiger partial charge in [0.05, 0.1) is 19.0 Å². The van der Waals surface area contributed by atoms with E-state index in [4.69, 9.17) is 16.2 Å². The number of nitrogens with zero attached hydrogens (tertiary/aromatic N) is 3. The van der Waals surface area contributed by atoms with Crippen LogP contribution in [0.2, 0.25) is 0 Å². The van der Waals surface area contributed by atoms with E-state index in [0.29, 0.717) is 27.1 Å². The number of anilines is 3. The average molecular weight is 397 g/mol. The summed E-state index contributed by atoms with van der Waals surface area (Å²) in [4.78, 5) is 35.0. The number of pyridine rings is 1. The molecule has 2 aromatic heterocycles. The first-order chi connectivity index (χ1) is 13.4. The minimum atomic E-state index is -0.736. The molecule has 1 aromatic carbocycles. The van der Waals surface area contributed by atoms with Crippen LogP contribution in [0.1, 0.15) is 22.2 Å². The van der Waals surface area contributed by atoms with Gasteiger partial charge in [-0.15, -0.1) is 0 Å². The first-order valence-corrected chi connectivity index (χ1v) is 9.18. The Balaban J connectivity index is 2.03. The number of carbonyl (C=O) groups excluding carboxylic acids is 2. The highest BCUT2D eigenvalue weighted by Gasteiger charge is 2.27. The molecule has 28 heavy (non-hydrogen) atoms. The number of ketones is 1. The summed E-state index contributed by atoms with van der Waals surface area (Å²) in [6.45, 7) is 1.64. The molecule has 1 amide bonds. The van der Waals surface area contributed by atoms with Crippen molar-refractivity contribution in [3.63, 3.8) is 0 Å².